The largest absolute Gasteiger partial charge is 0.394 e. The Morgan fingerprint density at radius 3 is 2.44 bits per heavy atom. The minimum atomic E-state index is -1.93. The van der Waals surface area contributed by atoms with Crippen molar-refractivity contribution < 1.29 is 20.1 Å². The number of benzene rings is 1. The van der Waals surface area contributed by atoms with E-state index in [1.54, 1.807) is 43.3 Å². The molecule has 0 aliphatic heterocycles. The summed E-state index contributed by atoms with van der Waals surface area (Å²) in [5.74, 6) is -0.815. The normalized spacial score (nSPS) is 15.6. The second-order valence-corrected chi connectivity index (χ2v) is 7.06. The molecule has 0 radical (unpaired) electrons. The molecule has 0 aliphatic rings. The van der Waals surface area contributed by atoms with Crippen molar-refractivity contribution in [1.82, 2.24) is 9.88 Å². The number of nitrogens with zero attached hydrogens (tertiary/aromatic N) is 1. The number of aliphatic hydroxyl groups is 3. The lowest BCUT2D eigenvalue weighted by Crippen LogP contribution is -2.54. The fourth-order valence-electron chi connectivity index (χ4n) is 2.65. The summed E-state index contributed by atoms with van der Waals surface area (Å²) in [5, 5.41) is 33.5. The molecule has 2 aromatic rings. The van der Waals surface area contributed by atoms with Crippen molar-refractivity contribution in [3.05, 3.63) is 69.1 Å². The molecule has 1 heterocycles. The number of hydrogen-bond donors (Lipinski definition) is 4. The molecule has 0 fully saturated rings. The van der Waals surface area contributed by atoms with Gasteiger partial charge in [0.25, 0.3) is 11.5 Å². The second-order valence-electron chi connectivity index (χ2n) is 6.62. The monoisotopic (exact) mass is 394 g/mol. The number of aromatic nitrogens is 1. The van der Waals surface area contributed by atoms with Gasteiger partial charge in [0.15, 0.2) is 5.60 Å². The zero-order valence-electron chi connectivity index (χ0n) is 15.1. The number of halogens is 1. The molecule has 0 bridgehead atoms. The first kappa shape index (κ1) is 21.1. The average Bonchev–Trinajstić information content (AvgIpc) is 2.62. The van der Waals surface area contributed by atoms with Crippen molar-refractivity contribution in [2.24, 2.45) is 0 Å². The fraction of sp³-hybridized carbons (Fsp3) is 0.368. The van der Waals surface area contributed by atoms with Gasteiger partial charge in [-0.15, -0.1) is 0 Å². The van der Waals surface area contributed by atoms with Gasteiger partial charge in [0.05, 0.1) is 19.2 Å². The molecule has 0 saturated heterocycles. The minimum Gasteiger partial charge on any atom is -0.394 e. The molecule has 1 amide bonds. The Labute approximate surface area is 161 Å². The Bertz CT molecular complexity index is 848. The molecule has 1 aromatic heterocycles. The summed E-state index contributed by atoms with van der Waals surface area (Å²) in [6, 6.07) is 9.89. The number of aryl methyl sites for hydroxylation is 1. The van der Waals surface area contributed by atoms with Crippen LogP contribution in [0.3, 0.4) is 0 Å². The van der Waals surface area contributed by atoms with Crippen molar-refractivity contribution in [2.75, 3.05) is 6.61 Å². The van der Waals surface area contributed by atoms with Crippen LogP contribution in [0.4, 0.5) is 0 Å². The molecule has 8 heteroatoms. The van der Waals surface area contributed by atoms with Gasteiger partial charge in [-0.3, -0.25) is 9.59 Å². The van der Waals surface area contributed by atoms with Crippen LogP contribution in [0.2, 0.25) is 5.02 Å². The zero-order chi connectivity index (χ0) is 20.2. The fourth-order valence-corrected chi connectivity index (χ4v) is 2.77. The number of rotatable bonds is 7. The van der Waals surface area contributed by atoms with Crippen LogP contribution in [0.1, 0.15) is 24.3 Å². The van der Waals surface area contributed by atoms with Gasteiger partial charge in [0.2, 0.25) is 0 Å². The number of aliphatic hydroxyl groups excluding tert-OH is 2. The molecular weight excluding hydrogens is 372 g/mol. The summed E-state index contributed by atoms with van der Waals surface area (Å²) in [4.78, 5) is 24.5. The lowest BCUT2D eigenvalue weighted by molar-refractivity contribution is -0.141. The highest BCUT2D eigenvalue weighted by molar-refractivity contribution is 6.30. The van der Waals surface area contributed by atoms with Crippen molar-refractivity contribution in [1.29, 1.82) is 0 Å². The number of nitrogens with one attached hydrogen (secondary N) is 1. The van der Waals surface area contributed by atoms with Crippen LogP contribution in [-0.2, 0) is 11.3 Å². The Morgan fingerprint density at radius 2 is 1.89 bits per heavy atom. The lowest BCUT2D eigenvalue weighted by atomic mass is 10.00. The van der Waals surface area contributed by atoms with Crippen molar-refractivity contribution in [2.45, 2.75) is 38.1 Å². The van der Waals surface area contributed by atoms with E-state index < -0.39 is 30.3 Å². The van der Waals surface area contributed by atoms with Crippen LogP contribution in [0.5, 0.6) is 0 Å². The number of carbonyl (C=O) groups is 1. The van der Waals surface area contributed by atoms with E-state index in [0.717, 1.165) is 0 Å². The molecule has 27 heavy (non-hydrogen) atoms. The standard InChI is InChI=1S/C19H23ClN2O5/c1-12-4-3-5-16(24)22(12)11-19(2,27)18(26)21-15(10-23)17(25)13-6-8-14(20)9-7-13/h3-9,15,17,23,25,27H,10-11H2,1-2H3,(H,21,26). The SMILES string of the molecule is Cc1cccc(=O)n1CC(C)(O)C(=O)NC(CO)C(O)c1ccc(Cl)cc1. The summed E-state index contributed by atoms with van der Waals surface area (Å²) < 4.78 is 1.28. The van der Waals surface area contributed by atoms with Gasteiger partial charge in [-0.05, 0) is 37.6 Å². The molecule has 0 aliphatic carbocycles. The maximum atomic E-state index is 12.5. The van der Waals surface area contributed by atoms with E-state index in [1.165, 1.54) is 17.6 Å². The highest BCUT2D eigenvalue weighted by atomic mass is 35.5. The quantitative estimate of drug-likeness (QED) is 0.554. The van der Waals surface area contributed by atoms with Gasteiger partial charge >= 0.3 is 0 Å². The third kappa shape index (κ3) is 5.17. The summed E-state index contributed by atoms with van der Waals surface area (Å²) in [6.45, 7) is 2.15. The first-order valence-corrected chi connectivity index (χ1v) is 8.77. The van der Waals surface area contributed by atoms with E-state index in [4.69, 9.17) is 11.6 Å². The molecule has 3 unspecified atom stereocenters. The van der Waals surface area contributed by atoms with Crippen LogP contribution in [0.15, 0.2) is 47.3 Å². The first-order valence-electron chi connectivity index (χ1n) is 8.40. The van der Waals surface area contributed by atoms with Crippen LogP contribution in [0, 0.1) is 6.92 Å². The topological polar surface area (TPSA) is 112 Å². The molecule has 0 spiro atoms. The van der Waals surface area contributed by atoms with Crippen molar-refractivity contribution in [3.8, 4) is 0 Å². The average molecular weight is 395 g/mol. The summed E-state index contributed by atoms with van der Waals surface area (Å²) in [6.07, 6.45) is -1.20. The summed E-state index contributed by atoms with van der Waals surface area (Å²) >= 11 is 5.81. The van der Waals surface area contributed by atoms with Gasteiger partial charge in [-0.1, -0.05) is 29.8 Å². The van der Waals surface area contributed by atoms with Gasteiger partial charge in [0, 0.05) is 16.8 Å². The third-order valence-corrected chi connectivity index (χ3v) is 4.58. The molecule has 3 atom stereocenters. The summed E-state index contributed by atoms with van der Waals surface area (Å²) in [7, 11) is 0. The number of carbonyl (C=O) groups excluding carboxylic acids is 1. The summed E-state index contributed by atoms with van der Waals surface area (Å²) in [5.41, 5.74) is -1.23. The van der Waals surface area contributed by atoms with E-state index in [0.29, 0.717) is 16.3 Å². The van der Waals surface area contributed by atoms with Crippen molar-refractivity contribution in [3.63, 3.8) is 0 Å². The highest BCUT2D eigenvalue weighted by Gasteiger charge is 2.34. The Balaban J connectivity index is 2.14. The van der Waals surface area contributed by atoms with E-state index in [2.05, 4.69) is 5.32 Å². The molecule has 0 saturated carbocycles. The molecule has 146 valence electrons. The molecule has 1 aromatic carbocycles. The highest BCUT2D eigenvalue weighted by Crippen LogP contribution is 2.20. The first-order chi connectivity index (χ1) is 12.7. The zero-order valence-corrected chi connectivity index (χ0v) is 15.8. The Morgan fingerprint density at radius 1 is 1.26 bits per heavy atom. The maximum absolute atomic E-state index is 12.5. The van der Waals surface area contributed by atoms with Crippen LogP contribution in [0.25, 0.3) is 0 Å². The molecule has 2 rings (SSSR count). The van der Waals surface area contributed by atoms with Gasteiger partial charge < -0.3 is 25.2 Å². The van der Waals surface area contributed by atoms with E-state index in [1.807, 2.05) is 0 Å². The van der Waals surface area contributed by atoms with Gasteiger partial charge in [-0.25, -0.2) is 0 Å². The lowest BCUT2D eigenvalue weighted by Gasteiger charge is -2.29. The van der Waals surface area contributed by atoms with Crippen LogP contribution in [-0.4, -0.2) is 44.0 Å². The van der Waals surface area contributed by atoms with Gasteiger partial charge in [0.1, 0.15) is 6.10 Å². The number of hydrogen-bond acceptors (Lipinski definition) is 5. The predicted molar refractivity (Wildman–Crippen MR) is 101 cm³/mol. The van der Waals surface area contributed by atoms with Gasteiger partial charge in [-0.2, -0.15) is 0 Å². The number of amides is 1. The maximum Gasteiger partial charge on any atom is 0.253 e. The molecule has 7 nitrogen and oxygen atoms in total. The smallest absolute Gasteiger partial charge is 0.253 e. The third-order valence-electron chi connectivity index (χ3n) is 4.33. The number of pyridine rings is 1. The van der Waals surface area contributed by atoms with Crippen LogP contribution < -0.4 is 10.9 Å². The molecule has 4 N–H and O–H groups in total. The van der Waals surface area contributed by atoms with Crippen LogP contribution >= 0.6 is 11.6 Å². The Hall–Kier alpha value is -2.19. The predicted octanol–water partition coefficient (Wildman–Crippen LogP) is 0.772. The van der Waals surface area contributed by atoms with E-state index in [9.17, 15) is 24.9 Å². The second kappa shape index (κ2) is 8.67. The van der Waals surface area contributed by atoms with E-state index >= 15 is 0 Å². The Kier molecular flexibility index (Phi) is 6.78. The minimum absolute atomic E-state index is 0.264. The molecular formula is C19H23ClN2O5. The van der Waals surface area contributed by atoms with E-state index in [-0.39, 0.29) is 12.1 Å². The van der Waals surface area contributed by atoms with Crippen molar-refractivity contribution >= 4 is 17.5 Å².